The summed E-state index contributed by atoms with van der Waals surface area (Å²) in [7, 11) is 0. The SMILES string of the molecule is O=C(c1nc2cc(Cl)c(Cl)cc2[nH]1)N1CCCCC1. The topological polar surface area (TPSA) is 49.0 Å². The van der Waals surface area contributed by atoms with Gasteiger partial charge < -0.3 is 9.88 Å². The first-order chi connectivity index (χ1) is 9.15. The number of nitrogens with zero attached hydrogens (tertiary/aromatic N) is 2. The van der Waals surface area contributed by atoms with E-state index in [9.17, 15) is 4.79 Å². The van der Waals surface area contributed by atoms with Crippen LogP contribution in [-0.2, 0) is 0 Å². The Morgan fingerprint density at radius 1 is 1.16 bits per heavy atom. The molecule has 1 saturated heterocycles. The van der Waals surface area contributed by atoms with Crippen LogP contribution in [0.1, 0.15) is 29.9 Å². The minimum Gasteiger partial charge on any atom is -0.336 e. The van der Waals surface area contributed by atoms with Crippen molar-refractivity contribution in [1.29, 1.82) is 0 Å². The number of rotatable bonds is 1. The lowest BCUT2D eigenvalue weighted by atomic mass is 10.1. The zero-order valence-electron chi connectivity index (χ0n) is 10.2. The fraction of sp³-hybridized carbons (Fsp3) is 0.385. The van der Waals surface area contributed by atoms with E-state index < -0.39 is 0 Å². The highest BCUT2D eigenvalue weighted by atomic mass is 35.5. The van der Waals surface area contributed by atoms with Crippen LogP contribution in [0.15, 0.2) is 12.1 Å². The summed E-state index contributed by atoms with van der Waals surface area (Å²) in [4.78, 5) is 21.5. The zero-order chi connectivity index (χ0) is 13.4. The number of amides is 1. The molecule has 0 unspecified atom stereocenters. The van der Waals surface area contributed by atoms with E-state index in [2.05, 4.69) is 9.97 Å². The van der Waals surface area contributed by atoms with Crippen LogP contribution >= 0.6 is 23.2 Å². The van der Waals surface area contributed by atoms with Crippen LogP contribution in [0.4, 0.5) is 0 Å². The quantitative estimate of drug-likeness (QED) is 0.876. The molecule has 1 aromatic heterocycles. The van der Waals surface area contributed by atoms with E-state index in [0.29, 0.717) is 21.4 Å². The molecule has 1 N–H and O–H groups in total. The van der Waals surface area contributed by atoms with Crippen molar-refractivity contribution in [2.75, 3.05) is 13.1 Å². The number of piperidine rings is 1. The molecule has 1 aliphatic heterocycles. The number of carbonyl (C=O) groups is 1. The molecule has 2 aromatic rings. The zero-order valence-corrected chi connectivity index (χ0v) is 11.8. The number of benzene rings is 1. The van der Waals surface area contributed by atoms with Crippen LogP contribution in [0.3, 0.4) is 0 Å². The Morgan fingerprint density at radius 2 is 1.84 bits per heavy atom. The fourth-order valence-electron chi connectivity index (χ4n) is 2.35. The molecule has 4 nitrogen and oxygen atoms in total. The van der Waals surface area contributed by atoms with E-state index in [0.717, 1.165) is 31.4 Å². The lowest BCUT2D eigenvalue weighted by molar-refractivity contribution is 0.0713. The van der Waals surface area contributed by atoms with Gasteiger partial charge in [-0.25, -0.2) is 4.98 Å². The summed E-state index contributed by atoms with van der Waals surface area (Å²) in [6, 6.07) is 3.36. The maximum absolute atomic E-state index is 12.3. The second kappa shape index (κ2) is 5.02. The highest BCUT2D eigenvalue weighted by molar-refractivity contribution is 6.42. The summed E-state index contributed by atoms with van der Waals surface area (Å²) in [6.07, 6.45) is 3.31. The molecular formula is C13H13Cl2N3O. The van der Waals surface area contributed by atoms with Gasteiger partial charge in [0, 0.05) is 13.1 Å². The molecule has 1 aliphatic rings. The Labute approximate surface area is 120 Å². The molecule has 0 bridgehead atoms. The second-order valence-electron chi connectivity index (χ2n) is 4.72. The number of hydrogen-bond acceptors (Lipinski definition) is 2. The second-order valence-corrected chi connectivity index (χ2v) is 5.54. The lowest BCUT2D eigenvalue weighted by Gasteiger charge is -2.25. The Kier molecular flexibility index (Phi) is 3.37. The van der Waals surface area contributed by atoms with E-state index in [-0.39, 0.29) is 5.91 Å². The molecule has 0 atom stereocenters. The number of imidazole rings is 1. The highest BCUT2D eigenvalue weighted by Gasteiger charge is 2.21. The summed E-state index contributed by atoms with van der Waals surface area (Å²) in [5.74, 6) is 0.304. The lowest BCUT2D eigenvalue weighted by Crippen LogP contribution is -2.36. The first-order valence-electron chi connectivity index (χ1n) is 6.29. The Hall–Kier alpha value is -1.26. The van der Waals surface area contributed by atoms with E-state index in [1.165, 1.54) is 6.42 Å². The summed E-state index contributed by atoms with van der Waals surface area (Å²) >= 11 is 11.9. The number of halogens is 2. The largest absolute Gasteiger partial charge is 0.336 e. The van der Waals surface area contributed by atoms with E-state index in [1.807, 2.05) is 4.90 Å². The molecule has 1 fully saturated rings. The number of nitrogens with one attached hydrogen (secondary N) is 1. The van der Waals surface area contributed by atoms with Crippen molar-refractivity contribution in [3.63, 3.8) is 0 Å². The fourth-order valence-corrected chi connectivity index (χ4v) is 2.67. The van der Waals surface area contributed by atoms with Crippen LogP contribution < -0.4 is 0 Å². The molecule has 1 amide bonds. The smallest absolute Gasteiger partial charge is 0.289 e. The van der Waals surface area contributed by atoms with Crippen molar-refractivity contribution in [2.45, 2.75) is 19.3 Å². The molecule has 0 spiro atoms. The molecule has 0 aliphatic carbocycles. The van der Waals surface area contributed by atoms with Gasteiger partial charge in [-0.3, -0.25) is 4.79 Å². The third-order valence-electron chi connectivity index (χ3n) is 3.37. The average Bonchev–Trinajstić information content (AvgIpc) is 2.82. The third-order valence-corrected chi connectivity index (χ3v) is 4.09. The maximum atomic E-state index is 12.3. The highest BCUT2D eigenvalue weighted by Crippen LogP contribution is 2.26. The minimum absolute atomic E-state index is 0.0526. The first-order valence-corrected chi connectivity index (χ1v) is 7.05. The van der Waals surface area contributed by atoms with Crippen LogP contribution in [-0.4, -0.2) is 33.9 Å². The van der Waals surface area contributed by atoms with Gasteiger partial charge in [0.1, 0.15) is 0 Å². The van der Waals surface area contributed by atoms with E-state index >= 15 is 0 Å². The Morgan fingerprint density at radius 3 is 2.58 bits per heavy atom. The van der Waals surface area contributed by atoms with Gasteiger partial charge >= 0.3 is 0 Å². The molecule has 6 heteroatoms. The molecule has 1 aromatic carbocycles. The molecule has 19 heavy (non-hydrogen) atoms. The number of aromatic amines is 1. The van der Waals surface area contributed by atoms with Gasteiger partial charge in [-0.2, -0.15) is 0 Å². The van der Waals surface area contributed by atoms with Crippen molar-refractivity contribution in [3.05, 3.63) is 28.0 Å². The number of aromatic nitrogens is 2. The van der Waals surface area contributed by atoms with Gasteiger partial charge in [0.25, 0.3) is 5.91 Å². The molecule has 0 radical (unpaired) electrons. The van der Waals surface area contributed by atoms with Crippen molar-refractivity contribution in [3.8, 4) is 0 Å². The number of hydrogen-bond donors (Lipinski definition) is 1. The summed E-state index contributed by atoms with van der Waals surface area (Å²) in [6.45, 7) is 1.61. The van der Waals surface area contributed by atoms with Gasteiger partial charge in [0.2, 0.25) is 0 Å². The normalized spacial score (nSPS) is 16.0. The van der Waals surface area contributed by atoms with E-state index in [4.69, 9.17) is 23.2 Å². The van der Waals surface area contributed by atoms with Crippen LogP contribution in [0, 0.1) is 0 Å². The molecule has 100 valence electrons. The minimum atomic E-state index is -0.0526. The van der Waals surface area contributed by atoms with Gasteiger partial charge in [-0.1, -0.05) is 23.2 Å². The Bertz CT molecular complexity index is 593. The molecular weight excluding hydrogens is 285 g/mol. The average molecular weight is 298 g/mol. The van der Waals surface area contributed by atoms with E-state index in [1.54, 1.807) is 12.1 Å². The van der Waals surface area contributed by atoms with Gasteiger partial charge in [-0.15, -0.1) is 0 Å². The number of likely N-dealkylation sites (tertiary alicyclic amines) is 1. The monoisotopic (exact) mass is 297 g/mol. The van der Waals surface area contributed by atoms with Gasteiger partial charge in [0.05, 0.1) is 21.1 Å². The maximum Gasteiger partial charge on any atom is 0.289 e. The van der Waals surface area contributed by atoms with Crippen molar-refractivity contribution >= 4 is 40.1 Å². The number of fused-ring (bicyclic) bond motifs is 1. The van der Waals surface area contributed by atoms with Crippen LogP contribution in [0.5, 0.6) is 0 Å². The molecule has 0 saturated carbocycles. The predicted molar refractivity (Wildman–Crippen MR) is 75.9 cm³/mol. The van der Waals surface area contributed by atoms with Gasteiger partial charge in [-0.05, 0) is 31.4 Å². The molecule has 2 heterocycles. The third kappa shape index (κ3) is 2.42. The van der Waals surface area contributed by atoms with Crippen LogP contribution in [0.2, 0.25) is 10.0 Å². The summed E-state index contributed by atoms with van der Waals surface area (Å²) < 4.78 is 0. The summed E-state index contributed by atoms with van der Waals surface area (Å²) in [5, 5.41) is 0.896. The Balaban J connectivity index is 1.94. The first kappa shape index (κ1) is 12.8. The van der Waals surface area contributed by atoms with Crippen molar-refractivity contribution in [1.82, 2.24) is 14.9 Å². The predicted octanol–water partition coefficient (Wildman–Crippen LogP) is 3.50. The van der Waals surface area contributed by atoms with Gasteiger partial charge in [0.15, 0.2) is 5.82 Å². The summed E-state index contributed by atoms with van der Waals surface area (Å²) in [5.41, 5.74) is 1.39. The van der Waals surface area contributed by atoms with Crippen molar-refractivity contribution in [2.24, 2.45) is 0 Å². The number of carbonyl (C=O) groups excluding carboxylic acids is 1. The number of H-pyrrole nitrogens is 1. The van der Waals surface area contributed by atoms with Crippen molar-refractivity contribution < 1.29 is 4.79 Å². The van der Waals surface area contributed by atoms with Crippen LogP contribution in [0.25, 0.3) is 11.0 Å². The standard InChI is InChI=1S/C13H13Cl2N3O/c14-8-6-10-11(7-9(8)15)17-12(16-10)13(19)18-4-2-1-3-5-18/h6-7H,1-5H2,(H,16,17). The molecule has 3 rings (SSSR count).